The quantitative estimate of drug-likeness (QED) is 0.435. The van der Waals surface area contributed by atoms with E-state index in [-0.39, 0.29) is 27.8 Å². The third-order valence-electron chi connectivity index (χ3n) is 3.09. The van der Waals surface area contributed by atoms with E-state index in [0.29, 0.717) is 12.1 Å². The van der Waals surface area contributed by atoms with Crippen LogP contribution in [0.3, 0.4) is 0 Å². The Morgan fingerprint density at radius 2 is 1.92 bits per heavy atom. The van der Waals surface area contributed by atoms with E-state index in [9.17, 15) is 28.1 Å². The minimum absolute atomic E-state index is 0.0299. The van der Waals surface area contributed by atoms with Gasteiger partial charge in [0.05, 0.1) is 21.1 Å². The Morgan fingerprint density at radius 1 is 1.23 bits per heavy atom. The van der Waals surface area contributed by atoms with Crippen molar-refractivity contribution in [3.63, 3.8) is 0 Å². The van der Waals surface area contributed by atoms with E-state index in [1.54, 1.807) is 0 Å². The van der Waals surface area contributed by atoms with Crippen molar-refractivity contribution in [3.8, 4) is 11.5 Å². The van der Waals surface area contributed by atoms with Gasteiger partial charge < -0.3 is 9.84 Å². The van der Waals surface area contributed by atoms with Crippen LogP contribution < -0.4 is 4.74 Å². The second-order valence-electron chi connectivity index (χ2n) is 4.89. The smallest absolute Gasteiger partial charge is 0.416 e. The van der Waals surface area contributed by atoms with Gasteiger partial charge in [0.25, 0.3) is 5.69 Å². The number of benzene rings is 2. The number of nitro benzene ring substituents is 1. The first-order valence-corrected chi connectivity index (χ1v) is 7.20. The molecule has 0 atom stereocenters. The molecule has 2 rings (SSSR count). The maximum atomic E-state index is 12.6. The standard InChI is InChI=1S/C16H9ClF3NO5/c17-12-8-10(16(18,19)20)2-5-14(12)26-11-3-4-13(21(24)25)9(7-11)1-6-15(22)23/h1-8H,(H,22,23)/b6-1+. The number of ether oxygens (including phenoxy) is 1. The molecule has 0 saturated carbocycles. The van der Waals surface area contributed by atoms with Crippen molar-refractivity contribution in [3.05, 3.63) is 68.7 Å². The molecule has 0 aliphatic carbocycles. The van der Waals surface area contributed by atoms with Crippen LogP contribution >= 0.6 is 11.6 Å². The van der Waals surface area contributed by atoms with Gasteiger partial charge in [-0.2, -0.15) is 13.2 Å². The summed E-state index contributed by atoms with van der Waals surface area (Å²) in [6.07, 6.45) is -2.86. The molecular formula is C16H9ClF3NO5. The summed E-state index contributed by atoms with van der Waals surface area (Å²) in [4.78, 5) is 20.9. The molecule has 0 aliphatic rings. The van der Waals surface area contributed by atoms with E-state index in [2.05, 4.69) is 0 Å². The molecule has 6 nitrogen and oxygen atoms in total. The average Bonchev–Trinajstić information content (AvgIpc) is 2.53. The van der Waals surface area contributed by atoms with Crippen LogP contribution in [0, 0.1) is 10.1 Å². The zero-order chi connectivity index (χ0) is 19.5. The lowest BCUT2D eigenvalue weighted by atomic mass is 10.1. The molecule has 1 N–H and O–H groups in total. The van der Waals surface area contributed by atoms with Crippen molar-refractivity contribution < 1.29 is 32.7 Å². The molecule has 2 aromatic rings. The van der Waals surface area contributed by atoms with E-state index in [4.69, 9.17) is 21.4 Å². The lowest BCUT2D eigenvalue weighted by Gasteiger charge is -2.11. The summed E-state index contributed by atoms with van der Waals surface area (Å²) in [5.74, 6) is -1.37. The molecule has 0 radical (unpaired) electrons. The third-order valence-corrected chi connectivity index (χ3v) is 3.38. The molecule has 0 aromatic heterocycles. The second kappa shape index (κ2) is 7.44. The number of aliphatic carboxylic acids is 1. The topological polar surface area (TPSA) is 89.7 Å². The number of halogens is 4. The first-order valence-electron chi connectivity index (χ1n) is 6.82. The molecule has 0 spiro atoms. The Bertz CT molecular complexity index is 896. The summed E-state index contributed by atoms with van der Waals surface area (Å²) in [6.45, 7) is 0. The fourth-order valence-corrected chi connectivity index (χ4v) is 2.16. The molecule has 0 unspecified atom stereocenters. The first-order chi connectivity index (χ1) is 12.1. The molecule has 0 saturated heterocycles. The number of carboxylic acids is 1. The fraction of sp³-hybridized carbons (Fsp3) is 0.0625. The van der Waals surface area contributed by atoms with Gasteiger partial charge in [0.1, 0.15) is 11.5 Å². The van der Waals surface area contributed by atoms with Crippen molar-refractivity contribution >= 4 is 29.3 Å². The van der Waals surface area contributed by atoms with Crippen molar-refractivity contribution in [1.82, 2.24) is 0 Å². The molecule has 10 heteroatoms. The zero-order valence-corrected chi connectivity index (χ0v) is 13.4. The van der Waals surface area contributed by atoms with Crippen LogP contribution in [0.15, 0.2) is 42.5 Å². The van der Waals surface area contributed by atoms with Crippen molar-refractivity contribution in [1.29, 1.82) is 0 Å². The van der Waals surface area contributed by atoms with Gasteiger partial charge >= 0.3 is 12.1 Å². The SMILES string of the molecule is O=C(O)/C=C/c1cc(Oc2ccc(C(F)(F)F)cc2Cl)ccc1[N+](=O)[O-]. The average molecular weight is 388 g/mol. The Morgan fingerprint density at radius 3 is 2.46 bits per heavy atom. The molecule has 0 fully saturated rings. The summed E-state index contributed by atoms with van der Waals surface area (Å²) >= 11 is 5.78. The highest BCUT2D eigenvalue weighted by molar-refractivity contribution is 6.32. The molecular weight excluding hydrogens is 379 g/mol. The highest BCUT2D eigenvalue weighted by atomic mass is 35.5. The minimum Gasteiger partial charge on any atom is -0.478 e. The van der Waals surface area contributed by atoms with Crippen LogP contribution in [0.2, 0.25) is 5.02 Å². The van der Waals surface area contributed by atoms with E-state index < -0.39 is 22.6 Å². The summed E-state index contributed by atoms with van der Waals surface area (Å²) in [7, 11) is 0. The molecule has 0 heterocycles. The monoisotopic (exact) mass is 387 g/mol. The zero-order valence-electron chi connectivity index (χ0n) is 12.7. The van der Waals surface area contributed by atoms with Crippen molar-refractivity contribution in [2.24, 2.45) is 0 Å². The molecule has 26 heavy (non-hydrogen) atoms. The maximum Gasteiger partial charge on any atom is 0.416 e. The molecule has 0 aliphatic heterocycles. The summed E-state index contributed by atoms with van der Waals surface area (Å²) in [5, 5.41) is 19.3. The maximum absolute atomic E-state index is 12.6. The number of rotatable bonds is 5. The minimum atomic E-state index is -4.57. The van der Waals surface area contributed by atoms with Gasteiger partial charge in [-0.05, 0) is 36.4 Å². The van der Waals surface area contributed by atoms with Gasteiger partial charge in [-0.3, -0.25) is 10.1 Å². The van der Waals surface area contributed by atoms with E-state index in [1.165, 1.54) is 12.1 Å². The number of nitro groups is 1. The number of hydrogen-bond acceptors (Lipinski definition) is 4. The number of hydrogen-bond donors (Lipinski definition) is 1. The van der Waals surface area contributed by atoms with Gasteiger partial charge in [0, 0.05) is 12.1 Å². The molecule has 0 bridgehead atoms. The van der Waals surface area contributed by atoms with Crippen LogP contribution in [0.1, 0.15) is 11.1 Å². The number of nitrogens with zero attached hydrogens (tertiary/aromatic N) is 1. The Balaban J connectivity index is 2.37. The van der Waals surface area contributed by atoms with E-state index in [0.717, 1.165) is 24.3 Å². The molecule has 2 aromatic carbocycles. The Labute approximate surface area is 149 Å². The van der Waals surface area contributed by atoms with Crippen LogP contribution in [-0.4, -0.2) is 16.0 Å². The largest absolute Gasteiger partial charge is 0.478 e. The normalized spacial score (nSPS) is 11.5. The predicted molar refractivity (Wildman–Crippen MR) is 86.3 cm³/mol. The van der Waals surface area contributed by atoms with Crippen molar-refractivity contribution in [2.75, 3.05) is 0 Å². The van der Waals surface area contributed by atoms with Crippen LogP contribution in [-0.2, 0) is 11.0 Å². The highest BCUT2D eigenvalue weighted by Crippen LogP contribution is 2.37. The number of carboxylic acid groups (broad SMARTS) is 1. The Kier molecular flexibility index (Phi) is 5.51. The first kappa shape index (κ1) is 19.3. The van der Waals surface area contributed by atoms with Crippen LogP contribution in [0.25, 0.3) is 6.08 Å². The second-order valence-corrected chi connectivity index (χ2v) is 5.30. The van der Waals surface area contributed by atoms with Gasteiger partial charge in [-0.15, -0.1) is 0 Å². The molecule has 136 valence electrons. The van der Waals surface area contributed by atoms with E-state index in [1.807, 2.05) is 0 Å². The van der Waals surface area contributed by atoms with Gasteiger partial charge in [-0.1, -0.05) is 11.6 Å². The number of carbonyl (C=O) groups is 1. The predicted octanol–water partition coefficient (Wildman–Crippen LogP) is 5.16. The summed E-state index contributed by atoms with van der Waals surface area (Å²) < 4.78 is 43.2. The van der Waals surface area contributed by atoms with Crippen molar-refractivity contribution in [2.45, 2.75) is 6.18 Å². The number of alkyl halides is 3. The third kappa shape index (κ3) is 4.73. The lowest BCUT2D eigenvalue weighted by molar-refractivity contribution is -0.385. The fourth-order valence-electron chi connectivity index (χ4n) is 1.94. The lowest BCUT2D eigenvalue weighted by Crippen LogP contribution is -2.04. The molecule has 0 amide bonds. The highest BCUT2D eigenvalue weighted by Gasteiger charge is 2.31. The van der Waals surface area contributed by atoms with Crippen LogP contribution in [0.5, 0.6) is 11.5 Å². The van der Waals surface area contributed by atoms with Gasteiger partial charge in [-0.25, -0.2) is 4.79 Å². The van der Waals surface area contributed by atoms with Gasteiger partial charge in [0.2, 0.25) is 0 Å². The Hall–Kier alpha value is -3.07. The van der Waals surface area contributed by atoms with Gasteiger partial charge in [0.15, 0.2) is 0 Å². The van der Waals surface area contributed by atoms with Crippen LogP contribution in [0.4, 0.5) is 18.9 Å². The van der Waals surface area contributed by atoms with E-state index >= 15 is 0 Å². The summed E-state index contributed by atoms with van der Waals surface area (Å²) in [5.41, 5.74) is -1.38. The summed E-state index contributed by atoms with van der Waals surface area (Å²) in [6, 6.07) is 5.94.